The molecule has 0 spiro atoms. The Balaban J connectivity index is 2.22. The molecule has 1 heterocycles. The molecule has 5 nitrogen and oxygen atoms in total. The molecule has 0 amide bonds. The van der Waals surface area contributed by atoms with Crippen LogP contribution >= 0.6 is 0 Å². The molecule has 0 aliphatic carbocycles. The fourth-order valence-corrected chi connectivity index (χ4v) is 1.80. The number of hydrogen-bond donors (Lipinski definition) is 2. The number of benzene rings is 2. The van der Waals surface area contributed by atoms with Crippen molar-refractivity contribution in [3.8, 4) is 17.2 Å². The highest BCUT2D eigenvalue weighted by Gasteiger charge is 2.11. The van der Waals surface area contributed by atoms with Gasteiger partial charge < -0.3 is 10.2 Å². The zero-order valence-corrected chi connectivity index (χ0v) is 9.70. The van der Waals surface area contributed by atoms with Crippen molar-refractivity contribution in [2.45, 2.75) is 6.92 Å². The fourth-order valence-electron chi connectivity index (χ4n) is 1.80. The number of nitrogens with zero attached hydrogens (tertiary/aromatic N) is 3. The molecule has 5 heteroatoms. The van der Waals surface area contributed by atoms with E-state index in [2.05, 4.69) is 10.2 Å². The summed E-state index contributed by atoms with van der Waals surface area (Å²) >= 11 is 0. The molecule has 18 heavy (non-hydrogen) atoms. The van der Waals surface area contributed by atoms with Crippen LogP contribution in [0.25, 0.3) is 16.7 Å². The Morgan fingerprint density at radius 2 is 1.56 bits per heavy atom. The zero-order chi connectivity index (χ0) is 12.7. The van der Waals surface area contributed by atoms with Crippen LogP contribution in [-0.2, 0) is 0 Å². The highest BCUT2D eigenvalue weighted by atomic mass is 16.3. The lowest BCUT2D eigenvalue weighted by molar-refractivity contribution is 0.443. The van der Waals surface area contributed by atoms with Crippen molar-refractivity contribution in [2.24, 2.45) is 0 Å². The van der Waals surface area contributed by atoms with Gasteiger partial charge >= 0.3 is 0 Å². The SMILES string of the molecule is Cc1cc(-n2nc3ccccc3n2)c(O)cc1O. The van der Waals surface area contributed by atoms with E-state index in [9.17, 15) is 10.2 Å². The van der Waals surface area contributed by atoms with E-state index >= 15 is 0 Å². The third-order valence-corrected chi connectivity index (χ3v) is 2.80. The van der Waals surface area contributed by atoms with Crippen LogP contribution in [-0.4, -0.2) is 25.2 Å². The second kappa shape index (κ2) is 3.73. The summed E-state index contributed by atoms with van der Waals surface area (Å²) in [5.41, 5.74) is 2.61. The molecule has 3 aromatic rings. The average Bonchev–Trinajstić information content (AvgIpc) is 2.77. The van der Waals surface area contributed by atoms with Gasteiger partial charge in [0.2, 0.25) is 0 Å². The lowest BCUT2D eigenvalue weighted by Gasteiger charge is -2.05. The van der Waals surface area contributed by atoms with E-state index in [0.717, 1.165) is 11.0 Å². The van der Waals surface area contributed by atoms with Crippen LogP contribution in [0.5, 0.6) is 11.5 Å². The van der Waals surface area contributed by atoms with Crippen LogP contribution in [0.4, 0.5) is 0 Å². The summed E-state index contributed by atoms with van der Waals surface area (Å²) in [5, 5.41) is 27.9. The maximum absolute atomic E-state index is 9.83. The molecule has 0 aliphatic rings. The van der Waals surface area contributed by atoms with Crippen LogP contribution < -0.4 is 0 Å². The number of aromatic nitrogens is 3. The topological polar surface area (TPSA) is 71.2 Å². The quantitative estimate of drug-likeness (QED) is 0.684. The van der Waals surface area contributed by atoms with Crippen molar-refractivity contribution in [1.29, 1.82) is 0 Å². The van der Waals surface area contributed by atoms with Crippen molar-refractivity contribution in [2.75, 3.05) is 0 Å². The Bertz CT molecular complexity index is 701. The minimum atomic E-state index is -0.0570. The van der Waals surface area contributed by atoms with Crippen molar-refractivity contribution in [3.63, 3.8) is 0 Å². The predicted molar refractivity (Wildman–Crippen MR) is 66.9 cm³/mol. The minimum absolute atomic E-state index is 0.0490. The maximum Gasteiger partial charge on any atom is 0.146 e. The summed E-state index contributed by atoms with van der Waals surface area (Å²) in [5.74, 6) is -0.00799. The van der Waals surface area contributed by atoms with Gasteiger partial charge in [-0.2, -0.15) is 0 Å². The first kappa shape index (κ1) is 10.6. The Hall–Kier alpha value is -2.56. The summed E-state index contributed by atoms with van der Waals surface area (Å²) in [7, 11) is 0. The molecule has 0 fully saturated rings. The van der Waals surface area contributed by atoms with Gasteiger partial charge in [0.05, 0.1) is 0 Å². The Labute approximate surface area is 103 Å². The van der Waals surface area contributed by atoms with Gasteiger partial charge in [0.15, 0.2) is 0 Å². The molecule has 0 saturated carbocycles. The third-order valence-electron chi connectivity index (χ3n) is 2.80. The van der Waals surface area contributed by atoms with Crippen LogP contribution in [0.15, 0.2) is 36.4 Å². The van der Waals surface area contributed by atoms with E-state index < -0.39 is 0 Å². The fraction of sp³-hybridized carbons (Fsp3) is 0.0769. The van der Waals surface area contributed by atoms with Gasteiger partial charge in [0.25, 0.3) is 0 Å². The van der Waals surface area contributed by atoms with E-state index in [-0.39, 0.29) is 11.5 Å². The number of rotatable bonds is 1. The smallest absolute Gasteiger partial charge is 0.146 e. The molecular formula is C13H11N3O2. The van der Waals surface area contributed by atoms with E-state index in [1.165, 1.54) is 10.9 Å². The highest BCUT2D eigenvalue weighted by molar-refractivity contribution is 5.73. The predicted octanol–water partition coefficient (Wildman–Crippen LogP) is 2.14. The van der Waals surface area contributed by atoms with Crippen LogP contribution in [0.2, 0.25) is 0 Å². The molecule has 0 bridgehead atoms. The van der Waals surface area contributed by atoms with Crippen molar-refractivity contribution in [3.05, 3.63) is 42.0 Å². The standard InChI is InChI=1S/C13H11N3O2/c1-8-6-11(13(18)7-12(8)17)16-14-9-4-2-3-5-10(9)15-16/h2-7,17-18H,1H3. The normalized spacial score (nSPS) is 10.9. The van der Waals surface area contributed by atoms with Gasteiger partial charge in [0, 0.05) is 6.07 Å². The molecule has 0 atom stereocenters. The van der Waals surface area contributed by atoms with Gasteiger partial charge in [-0.1, -0.05) is 12.1 Å². The summed E-state index contributed by atoms with van der Waals surface area (Å²) in [6, 6.07) is 10.4. The molecular weight excluding hydrogens is 230 g/mol. The number of fused-ring (bicyclic) bond motifs is 1. The molecule has 1 aromatic heterocycles. The van der Waals surface area contributed by atoms with Gasteiger partial charge in [-0.15, -0.1) is 15.0 Å². The second-order valence-electron chi connectivity index (χ2n) is 4.11. The molecule has 3 rings (SSSR count). The Morgan fingerprint density at radius 3 is 2.17 bits per heavy atom. The molecule has 0 saturated heterocycles. The zero-order valence-electron chi connectivity index (χ0n) is 9.70. The molecule has 0 unspecified atom stereocenters. The Kier molecular flexibility index (Phi) is 2.19. The van der Waals surface area contributed by atoms with Gasteiger partial charge in [-0.3, -0.25) is 0 Å². The molecule has 2 N–H and O–H groups in total. The average molecular weight is 241 g/mol. The van der Waals surface area contributed by atoms with Gasteiger partial charge in [-0.25, -0.2) is 0 Å². The third kappa shape index (κ3) is 1.57. The number of aryl methyl sites for hydroxylation is 1. The largest absolute Gasteiger partial charge is 0.508 e. The summed E-state index contributed by atoms with van der Waals surface area (Å²) < 4.78 is 0. The lowest BCUT2D eigenvalue weighted by atomic mass is 10.2. The van der Waals surface area contributed by atoms with Crippen molar-refractivity contribution >= 4 is 11.0 Å². The lowest BCUT2D eigenvalue weighted by Crippen LogP contribution is -1.99. The van der Waals surface area contributed by atoms with Crippen LogP contribution in [0, 0.1) is 6.92 Å². The maximum atomic E-state index is 9.83. The van der Waals surface area contributed by atoms with Gasteiger partial charge in [0.1, 0.15) is 28.2 Å². The number of aromatic hydroxyl groups is 2. The molecule has 90 valence electrons. The molecule has 0 aliphatic heterocycles. The van der Waals surface area contributed by atoms with Crippen LogP contribution in [0.1, 0.15) is 5.56 Å². The minimum Gasteiger partial charge on any atom is -0.508 e. The number of phenols is 2. The first-order valence-electron chi connectivity index (χ1n) is 5.50. The summed E-state index contributed by atoms with van der Waals surface area (Å²) in [6.07, 6.45) is 0. The Morgan fingerprint density at radius 1 is 0.944 bits per heavy atom. The van der Waals surface area contributed by atoms with E-state index in [1.807, 2.05) is 24.3 Å². The highest BCUT2D eigenvalue weighted by Crippen LogP contribution is 2.29. The monoisotopic (exact) mass is 241 g/mol. The summed E-state index contributed by atoms with van der Waals surface area (Å²) in [6.45, 7) is 1.75. The van der Waals surface area contributed by atoms with Crippen molar-refractivity contribution < 1.29 is 10.2 Å². The second-order valence-corrected chi connectivity index (χ2v) is 4.11. The van der Waals surface area contributed by atoms with Crippen molar-refractivity contribution in [1.82, 2.24) is 15.0 Å². The van der Waals surface area contributed by atoms with E-state index in [4.69, 9.17) is 0 Å². The molecule has 2 aromatic carbocycles. The van der Waals surface area contributed by atoms with E-state index in [0.29, 0.717) is 11.3 Å². The number of hydrogen-bond acceptors (Lipinski definition) is 4. The summed E-state index contributed by atoms with van der Waals surface area (Å²) in [4.78, 5) is 1.37. The first-order chi connectivity index (χ1) is 8.65. The van der Waals surface area contributed by atoms with E-state index in [1.54, 1.807) is 13.0 Å². The number of phenolic OH excluding ortho intramolecular Hbond substituents is 2. The molecule has 0 radical (unpaired) electrons. The van der Waals surface area contributed by atoms with Crippen LogP contribution in [0.3, 0.4) is 0 Å². The van der Waals surface area contributed by atoms with Gasteiger partial charge in [-0.05, 0) is 30.7 Å². The first-order valence-corrected chi connectivity index (χ1v) is 5.50.